The number of hydrogen-bond acceptors (Lipinski definition) is 4. The first-order valence-electron chi connectivity index (χ1n) is 6.85. The predicted octanol–water partition coefficient (Wildman–Crippen LogP) is 0.897. The number of aromatic nitrogens is 4. The Bertz CT molecular complexity index is 673. The average molecular weight is 289 g/mol. The summed E-state index contributed by atoms with van der Waals surface area (Å²) in [5.41, 5.74) is 1.05. The van der Waals surface area contributed by atoms with E-state index in [2.05, 4.69) is 25.3 Å². The van der Waals surface area contributed by atoms with Gasteiger partial charge in [0.25, 0.3) is 11.5 Å². The van der Waals surface area contributed by atoms with E-state index >= 15 is 0 Å². The third-order valence-electron chi connectivity index (χ3n) is 3.13. The third-order valence-corrected chi connectivity index (χ3v) is 3.13. The van der Waals surface area contributed by atoms with Gasteiger partial charge in [-0.1, -0.05) is 13.8 Å². The average Bonchev–Trinajstić information content (AvgIpc) is 2.90. The van der Waals surface area contributed by atoms with Crippen LogP contribution in [0.25, 0.3) is 0 Å². The van der Waals surface area contributed by atoms with Crippen molar-refractivity contribution in [3.63, 3.8) is 0 Å². The molecule has 0 saturated heterocycles. The first-order valence-corrected chi connectivity index (χ1v) is 6.85. The molecule has 2 rings (SSSR count). The number of rotatable bonds is 5. The van der Waals surface area contributed by atoms with Gasteiger partial charge in [0.1, 0.15) is 11.4 Å². The maximum Gasteiger partial charge on any atom is 0.264 e. The molecule has 0 aromatic carbocycles. The van der Waals surface area contributed by atoms with Crippen molar-refractivity contribution in [1.82, 2.24) is 25.3 Å². The van der Waals surface area contributed by atoms with Crippen LogP contribution in [0.3, 0.4) is 0 Å². The highest BCUT2D eigenvalue weighted by atomic mass is 16.2. The number of carbonyl (C=O) groups excluding carboxylic acids is 1. The van der Waals surface area contributed by atoms with Crippen LogP contribution in [0.15, 0.2) is 17.3 Å². The Balaban J connectivity index is 2.07. The number of nitrogens with zero attached hydrogens (tertiary/aromatic N) is 2. The van der Waals surface area contributed by atoms with Crippen molar-refractivity contribution in [2.75, 3.05) is 6.54 Å². The molecule has 0 atom stereocenters. The van der Waals surface area contributed by atoms with Crippen LogP contribution in [-0.2, 0) is 6.42 Å². The lowest BCUT2D eigenvalue weighted by Crippen LogP contribution is -2.33. The zero-order valence-corrected chi connectivity index (χ0v) is 12.4. The summed E-state index contributed by atoms with van der Waals surface area (Å²) in [5.74, 6) is 0.288. The van der Waals surface area contributed by atoms with Gasteiger partial charge in [0, 0.05) is 30.8 Å². The summed E-state index contributed by atoms with van der Waals surface area (Å²) >= 11 is 0. The first kappa shape index (κ1) is 15.0. The largest absolute Gasteiger partial charge is 0.351 e. The summed E-state index contributed by atoms with van der Waals surface area (Å²) in [4.78, 5) is 37.9. The van der Waals surface area contributed by atoms with Crippen molar-refractivity contribution < 1.29 is 4.79 Å². The van der Waals surface area contributed by atoms with Crippen LogP contribution >= 0.6 is 0 Å². The van der Waals surface area contributed by atoms with Gasteiger partial charge in [0.05, 0.1) is 12.0 Å². The number of imidazole rings is 1. The lowest BCUT2D eigenvalue weighted by molar-refractivity contribution is 0.0951. The van der Waals surface area contributed by atoms with Crippen LogP contribution < -0.4 is 10.9 Å². The smallest absolute Gasteiger partial charge is 0.264 e. The van der Waals surface area contributed by atoms with Gasteiger partial charge < -0.3 is 15.3 Å². The molecule has 7 heteroatoms. The number of amides is 1. The maximum atomic E-state index is 12.1. The van der Waals surface area contributed by atoms with E-state index in [-0.39, 0.29) is 11.5 Å². The van der Waals surface area contributed by atoms with Crippen LogP contribution in [0.1, 0.15) is 47.3 Å². The number of aromatic amines is 2. The highest BCUT2D eigenvalue weighted by Gasteiger charge is 2.16. The van der Waals surface area contributed by atoms with Crippen LogP contribution in [-0.4, -0.2) is 32.4 Å². The van der Waals surface area contributed by atoms with E-state index in [4.69, 9.17) is 0 Å². The second-order valence-corrected chi connectivity index (χ2v) is 5.15. The lowest BCUT2D eigenvalue weighted by atomic mass is 10.1. The van der Waals surface area contributed by atoms with E-state index in [1.54, 1.807) is 19.4 Å². The molecule has 1 amide bonds. The monoisotopic (exact) mass is 289 g/mol. The molecule has 0 fully saturated rings. The topological polar surface area (TPSA) is 104 Å². The van der Waals surface area contributed by atoms with Gasteiger partial charge in [0.15, 0.2) is 0 Å². The van der Waals surface area contributed by atoms with E-state index in [0.717, 1.165) is 5.69 Å². The third kappa shape index (κ3) is 3.56. The number of carbonyl (C=O) groups is 1. The van der Waals surface area contributed by atoms with Crippen LogP contribution in [0.4, 0.5) is 0 Å². The fourth-order valence-electron chi connectivity index (χ4n) is 1.97. The van der Waals surface area contributed by atoms with Gasteiger partial charge in [-0.2, -0.15) is 0 Å². The molecule has 21 heavy (non-hydrogen) atoms. The Morgan fingerprint density at radius 3 is 2.76 bits per heavy atom. The van der Waals surface area contributed by atoms with Gasteiger partial charge in [-0.15, -0.1) is 0 Å². The second kappa shape index (κ2) is 6.34. The Morgan fingerprint density at radius 1 is 1.43 bits per heavy atom. The zero-order valence-electron chi connectivity index (χ0n) is 12.4. The highest BCUT2D eigenvalue weighted by molar-refractivity contribution is 5.94. The Kier molecular flexibility index (Phi) is 4.52. The van der Waals surface area contributed by atoms with Gasteiger partial charge in [0.2, 0.25) is 0 Å². The van der Waals surface area contributed by atoms with Crippen molar-refractivity contribution >= 4 is 5.91 Å². The number of nitrogens with one attached hydrogen (secondary N) is 3. The SMILES string of the molecule is Cc1nc(C(C)C)[nH]c(=O)c1C(=O)NCCc1cnc[nH]1. The lowest BCUT2D eigenvalue weighted by Gasteiger charge is -2.09. The molecule has 2 heterocycles. The summed E-state index contributed by atoms with van der Waals surface area (Å²) in [7, 11) is 0. The molecular formula is C14H19N5O2. The predicted molar refractivity (Wildman–Crippen MR) is 78.3 cm³/mol. The van der Waals surface area contributed by atoms with Crippen LogP contribution in [0.2, 0.25) is 0 Å². The van der Waals surface area contributed by atoms with E-state index in [1.807, 2.05) is 13.8 Å². The molecule has 3 N–H and O–H groups in total. The Morgan fingerprint density at radius 2 is 2.19 bits per heavy atom. The minimum absolute atomic E-state index is 0.0732. The standard InChI is InChI=1S/C14H19N5O2/c1-8(2)12-18-9(3)11(14(21)19-12)13(20)16-5-4-10-6-15-7-17-10/h6-8H,4-5H2,1-3H3,(H,15,17)(H,16,20)(H,18,19,21). The molecule has 0 saturated carbocycles. The molecule has 112 valence electrons. The van der Waals surface area contributed by atoms with Gasteiger partial charge in [-0.05, 0) is 6.92 Å². The number of hydrogen-bond donors (Lipinski definition) is 3. The second-order valence-electron chi connectivity index (χ2n) is 5.15. The molecule has 0 aliphatic rings. The molecule has 0 radical (unpaired) electrons. The Labute approximate surface area is 122 Å². The summed E-state index contributed by atoms with van der Waals surface area (Å²) in [6.45, 7) is 5.96. The summed E-state index contributed by atoms with van der Waals surface area (Å²) in [6, 6.07) is 0. The molecule has 0 aliphatic heterocycles. The van der Waals surface area contributed by atoms with Crippen molar-refractivity contribution in [3.8, 4) is 0 Å². The van der Waals surface area contributed by atoms with E-state index in [0.29, 0.717) is 24.5 Å². The molecule has 7 nitrogen and oxygen atoms in total. The van der Waals surface area contributed by atoms with E-state index in [1.165, 1.54) is 0 Å². The summed E-state index contributed by atoms with van der Waals surface area (Å²) < 4.78 is 0. The molecule has 2 aromatic heterocycles. The van der Waals surface area contributed by atoms with E-state index in [9.17, 15) is 9.59 Å². The number of aryl methyl sites for hydroxylation is 1. The van der Waals surface area contributed by atoms with Gasteiger partial charge >= 0.3 is 0 Å². The molecule has 0 spiro atoms. The molecule has 0 aliphatic carbocycles. The van der Waals surface area contributed by atoms with Gasteiger partial charge in [-0.25, -0.2) is 9.97 Å². The molecule has 0 bridgehead atoms. The minimum Gasteiger partial charge on any atom is -0.351 e. The first-order chi connectivity index (χ1) is 9.99. The van der Waals surface area contributed by atoms with Crippen molar-refractivity contribution in [1.29, 1.82) is 0 Å². The fourth-order valence-corrected chi connectivity index (χ4v) is 1.97. The molecule has 0 unspecified atom stereocenters. The van der Waals surface area contributed by atoms with Crippen molar-refractivity contribution in [2.24, 2.45) is 0 Å². The molecular weight excluding hydrogens is 270 g/mol. The highest BCUT2D eigenvalue weighted by Crippen LogP contribution is 2.08. The minimum atomic E-state index is -0.406. The fraction of sp³-hybridized carbons (Fsp3) is 0.429. The van der Waals surface area contributed by atoms with Crippen LogP contribution in [0.5, 0.6) is 0 Å². The quantitative estimate of drug-likeness (QED) is 0.760. The van der Waals surface area contributed by atoms with Gasteiger partial charge in [-0.3, -0.25) is 9.59 Å². The normalized spacial score (nSPS) is 10.9. The molecule has 2 aromatic rings. The number of H-pyrrole nitrogens is 2. The van der Waals surface area contributed by atoms with Crippen LogP contribution in [0, 0.1) is 6.92 Å². The Hall–Kier alpha value is -2.44. The van der Waals surface area contributed by atoms with E-state index < -0.39 is 11.5 Å². The van der Waals surface area contributed by atoms with Crippen molar-refractivity contribution in [3.05, 3.63) is 45.7 Å². The maximum absolute atomic E-state index is 12.1. The zero-order chi connectivity index (χ0) is 15.4. The summed E-state index contributed by atoms with van der Waals surface area (Å²) in [6.07, 6.45) is 3.91. The summed E-state index contributed by atoms with van der Waals surface area (Å²) in [5, 5.41) is 2.72. The van der Waals surface area contributed by atoms with Crippen molar-refractivity contribution in [2.45, 2.75) is 33.1 Å².